The first-order valence-corrected chi connectivity index (χ1v) is 8.04. The maximum atomic E-state index is 5.80. The minimum absolute atomic E-state index is 0.383. The average Bonchev–Trinajstić information content (AvgIpc) is 3.32. The van der Waals surface area contributed by atoms with Gasteiger partial charge in [-0.05, 0) is 12.1 Å². The molecule has 8 nitrogen and oxygen atoms in total. The van der Waals surface area contributed by atoms with Gasteiger partial charge in [-0.3, -0.25) is 4.98 Å². The summed E-state index contributed by atoms with van der Waals surface area (Å²) in [6.45, 7) is 1.39. The second-order valence-corrected chi connectivity index (χ2v) is 5.43. The van der Waals surface area contributed by atoms with Crippen LogP contribution in [0.2, 0.25) is 5.02 Å². The minimum Gasteiger partial charge on any atom is -0.474 e. The van der Waals surface area contributed by atoms with Gasteiger partial charge in [0.05, 0.1) is 30.8 Å². The summed E-state index contributed by atoms with van der Waals surface area (Å²) in [5.74, 6) is 0.526. The van der Waals surface area contributed by atoms with Crippen LogP contribution in [0.15, 0.2) is 49.7 Å². The van der Waals surface area contributed by atoms with Gasteiger partial charge in [0.15, 0.2) is 0 Å². The van der Waals surface area contributed by atoms with Crippen molar-refractivity contribution in [3.05, 3.63) is 60.4 Å². The SMILES string of the molecule is Clc1ccc(CCOCCOC(=Cn2ccnc2)n2cncn2)nc1. The van der Waals surface area contributed by atoms with E-state index in [2.05, 4.69) is 20.1 Å². The molecule has 25 heavy (non-hydrogen) atoms. The fourth-order valence-corrected chi connectivity index (χ4v) is 2.11. The van der Waals surface area contributed by atoms with Crippen LogP contribution < -0.4 is 0 Å². The molecule has 0 spiro atoms. The van der Waals surface area contributed by atoms with Gasteiger partial charge in [0, 0.05) is 30.7 Å². The van der Waals surface area contributed by atoms with E-state index in [1.807, 2.05) is 12.1 Å². The predicted octanol–water partition coefficient (Wildman–Crippen LogP) is 2.21. The number of imidazole rings is 1. The average molecular weight is 361 g/mol. The molecular weight excluding hydrogens is 344 g/mol. The van der Waals surface area contributed by atoms with Crippen molar-refractivity contribution in [2.24, 2.45) is 0 Å². The van der Waals surface area contributed by atoms with Crippen molar-refractivity contribution in [1.29, 1.82) is 0 Å². The highest BCUT2D eigenvalue weighted by molar-refractivity contribution is 6.30. The summed E-state index contributed by atoms with van der Waals surface area (Å²) in [5, 5.41) is 4.71. The Balaban J connectivity index is 1.43. The summed E-state index contributed by atoms with van der Waals surface area (Å²) in [5.41, 5.74) is 0.939. The lowest BCUT2D eigenvalue weighted by molar-refractivity contribution is 0.0892. The predicted molar refractivity (Wildman–Crippen MR) is 92.4 cm³/mol. The number of nitrogens with zero attached hydrogens (tertiary/aromatic N) is 6. The zero-order valence-corrected chi connectivity index (χ0v) is 14.2. The first kappa shape index (κ1) is 17.1. The topological polar surface area (TPSA) is 79.9 Å². The lowest BCUT2D eigenvalue weighted by Gasteiger charge is -2.10. The lowest BCUT2D eigenvalue weighted by atomic mass is 10.3. The highest BCUT2D eigenvalue weighted by Crippen LogP contribution is 2.08. The van der Waals surface area contributed by atoms with Crippen LogP contribution in [0.4, 0.5) is 0 Å². The first-order chi connectivity index (χ1) is 12.3. The smallest absolute Gasteiger partial charge is 0.233 e. The van der Waals surface area contributed by atoms with Crippen molar-refractivity contribution in [3.63, 3.8) is 0 Å². The van der Waals surface area contributed by atoms with Crippen molar-refractivity contribution in [2.45, 2.75) is 6.42 Å². The summed E-state index contributed by atoms with van der Waals surface area (Å²) < 4.78 is 14.6. The van der Waals surface area contributed by atoms with Crippen LogP contribution in [0.1, 0.15) is 5.69 Å². The van der Waals surface area contributed by atoms with E-state index in [0.717, 1.165) is 12.1 Å². The largest absolute Gasteiger partial charge is 0.474 e. The van der Waals surface area contributed by atoms with Crippen LogP contribution in [0.25, 0.3) is 12.1 Å². The molecule has 9 heteroatoms. The van der Waals surface area contributed by atoms with Crippen LogP contribution in [0, 0.1) is 0 Å². The minimum atomic E-state index is 0.383. The maximum Gasteiger partial charge on any atom is 0.233 e. The fraction of sp³-hybridized carbons (Fsp3) is 0.250. The Morgan fingerprint density at radius 3 is 2.84 bits per heavy atom. The van der Waals surface area contributed by atoms with Gasteiger partial charge in [0.25, 0.3) is 0 Å². The monoisotopic (exact) mass is 360 g/mol. The number of ether oxygens (including phenoxy) is 2. The van der Waals surface area contributed by atoms with Crippen molar-refractivity contribution >= 4 is 23.7 Å². The van der Waals surface area contributed by atoms with Crippen molar-refractivity contribution in [2.75, 3.05) is 19.8 Å². The first-order valence-electron chi connectivity index (χ1n) is 7.66. The quantitative estimate of drug-likeness (QED) is 0.430. The molecule has 0 aromatic carbocycles. The summed E-state index contributed by atoms with van der Waals surface area (Å²) in [4.78, 5) is 12.1. The van der Waals surface area contributed by atoms with Gasteiger partial charge in [-0.2, -0.15) is 9.78 Å². The molecule has 0 aliphatic heterocycles. The lowest BCUT2D eigenvalue weighted by Crippen LogP contribution is -2.10. The summed E-state index contributed by atoms with van der Waals surface area (Å²) in [6, 6.07) is 3.71. The molecule has 0 atom stereocenters. The van der Waals surface area contributed by atoms with Gasteiger partial charge in [-0.25, -0.2) is 9.97 Å². The summed E-state index contributed by atoms with van der Waals surface area (Å²) in [7, 11) is 0. The van der Waals surface area contributed by atoms with E-state index in [4.69, 9.17) is 21.1 Å². The van der Waals surface area contributed by atoms with Crippen LogP contribution >= 0.6 is 11.6 Å². The van der Waals surface area contributed by atoms with Crippen LogP contribution in [0.5, 0.6) is 0 Å². The van der Waals surface area contributed by atoms with E-state index < -0.39 is 0 Å². The van der Waals surface area contributed by atoms with E-state index in [9.17, 15) is 0 Å². The Labute approximate surface area is 149 Å². The normalized spacial score (nSPS) is 11.6. The van der Waals surface area contributed by atoms with Gasteiger partial charge in [-0.15, -0.1) is 0 Å². The number of rotatable bonds is 9. The summed E-state index contributed by atoms with van der Waals surface area (Å²) >= 11 is 5.80. The van der Waals surface area contributed by atoms with E-state index in [1.165, 1.54) is 11.0 Å². The molecule has 3 aromatic rings. The van der Waals surface area contributed by atoms with E-state index >= 15 is 0 Å². The van der Waals surface area contributed by atoms with Crippen molar-refractivity contribution < 1.29 is 9.47 Å². The van der Waals surface area contributed by atoms with Crippen LogP contribution in [-0.4, -0.2) is 49.1 Å². The second-order valence-electron chi connectivity index (χ2n) is 5.00. The zero-order chi connectivity index (χ0) is 17.3. The Hall–Kier alpha value is -2.71. The summed E-state index contributed by atoms with van der Waals surface area (Å²) in [6.07, 6.45) is 12.3. The molecule has 3 aromatic heterocycles. The standard InChI is InChI=1S/C16H17ClN6O2/c17-14-1-2-15(20-9-14)3-6-24-7-8-25-16(23-13-19-11-21-23)10-22-5-4-18-12-22/h1-2,4-5,9-13H,3,6-8H2. The Kier molecular flexibility index (Phi) is 6.13. The van der Waals surface area contributed by atoms with E-state index in [-0.39, 0.29) is 0 Å². The van der Waals surface area contributed by atoms with E-state index in [1.54, 1.807) is 42.0 Å². The molecular formula is C16H17ClN6O2. The Morgan fingerprint density at radius 1 is 1.16 bits per heavy atom. The van der Waals surface area contributed by atoms with Gasteiger partial charge >= 0.3 is 0 Å². The molecule has 0 aliphatic rings. The fourth-order valence-electron chi connectivity index (χ4n) is 2.00. The van der Waals surface area contributed by atoms with Crippen LogP contribution in [0.3, 0.4) is 0 Å². The third-order valence-corrected chi connectivity index (χ3v) is 3.42. The molecule has 0 bridgehead atoms. The number of pyridine rings is 1. The molecule has 0 amide bonds. The van der Waals surface area contributed by atoms with Crippen LogP contribution in [-0.2, 0) is 15.9 Å². The molecule has 0 radical (unpaired) electrons. The second kappa shape index (κ2) is 8.95. The third-order valence-electron chi connectivity index (χ3n) is 3.20. The van der Waals surface area contributed by atoms with Crippen molar-refractivity contribution in [3.8, 4) is 0 Å². The molecule has 3 rings (SSSR count). The zero-order valence-electron chi connectivity index (χ0n) is 13.4. The molecule has 0 fully saturated rings. The van der Waals surface area contributed by atoms with E-state index in [0.29, 0.717) is 30.7 Å². The molecule has 3 heterocycles. The molecule has 0 saturated heterocycles. The molecule has 0 unspecified atom stereocenters. The number of hydrogen-bond donors (Lipinski definition) is 0. The van der Waals surface area contributed by atoms with Gasteiger partial charge in [0.2, 0.25) is 5.88 Å². The highest BCUT2D eigenvalue weighted by atomic mass is 35.5. The Bertz CT molecular complexity index is 772. The van der Waals surface area contributed by atoms with Gasteiger partial charge in [-0.1, -0.05) is 11.6 Å². The molecule has 130 valence electrons. The maximum absolute atomic E-state index is 5.80. The number of halogens is 1. The number of aromatic nitrogens is 6. The van der Waals surface area contributed by atoms with Gasteiger partial charge < -0.3 is 14.0 Å². The molecule has 0 saturated carbocycles. The number of hydrogen-bond acceptors (Lipinski definition) is 6. The van der Waals surface area contributed by atoms with Crippen molar-refractivity contribution in [1.82, 2.24) is 29.3 Å². The Morgan fingerprint density at radius 2 is 2.12 bits per heavy atom. The molecule has 0 aliphatic carbocycles. The van der Waals surface area contributed by atoms with Gasteiger partial charge in [0.1, 0.15) is 19.3 Å². The third kappa shape index (κ3) is 5.40. The highest BCUT2D eigenvalue weighted by Gasteiger charge is 2.04. The molecule has 0 N–H and O–H groups in total.